The molecule has 0 fully saturated rings. The molecule has 0 amide bonds. The summed E-state index contributed by atoms with van der Waals surface area (Å²) in [5.41, 5.74) is 2.03. The Morgan fingerprint density at radius 1 is 1.42 bits per heavy atom. The first-order valence-electron chi connectivity index (χ1n) is 4.14. The molecule has 1 aliphatic rings. The molecule has 1 aromatic rings. The molecular weight excluding hydrogens is 168 g/mol. The van der Waals surface area contributed by atoms with Crippen molar-refractivity contribution >= 4 is 22.7 Å². The van der Waals surface area contributed by atoms with Crippen molar-refractivity contribution in [2.75, 3.05) is 0 Å². The summed E-state index contributed by atoms with van der Waals surface area (Å²) in [6, 6.07) is 2.01. The maximum absolute atomic E-state index is 11.4. The summed E-state index contributed by atoms with van der Waals surface area (Å²) < 4.78 is 0. The molecule has 1 nitrogen and oxygen atoms in total. The van der Waals surface area contributed by atoms with Gasteiger partial charge in [-0.2, -0.15) is 11.3 Å². The van der Waals surface area contributed by atoms with E-state index in [0.717, 1.165) is 30.4 Å². The van der Waals surface area contributed by atoms with Gasteiger partial charge in [0, 0.05) is 12.0 Å². The number of thiophene rings is 1. The van der Waals surface area contributed by atoms with Gasteiger partial charge in [0.05, 0.1) is 0 Å². The van der Waals surface area contributed by atoms with E-state index in [0.29, 0.717) is 5.78 Å². The Bertz CT molecular complexity index is 309. The second-order valence-corrected chi connectivity index (χ2v) is 3.73. The Morgan fingerprint density at radius 3 is 3.00 bits per heavy atom. The first-order chi connectivity index (χ1) is 5.88. The van der Waals surface area contributed by atoms with Crippen LogP contribution in [0.1, 0.15) is 24.8 Å². The van der Waals surface area contributed by atoms with Gasteiger partial charge in [-0.15, -0.1) is 0 Å². The average molecular weight is 178 g/mol. The number of carbonyl (C=O) groups excluding carboxylic acids is 1. The molecule has 1 aliphatic carbocycles. The summed E-state index contributed by atoms with van der Waals surface area (Å²) >= 11 is 1.64. The van der Waals surface area contributed by atoms with E-state index in [1.165, 1.54) is 0 Å². The summed E-state index contributed by atoms with van der Waals surface area (Å²) in [5.74, 6) is 0.305. The predicted molar refractivity (Wildman–Crippen MR) is 51.2 cm³/mol. The predicted octanol–water partition coefficient (Wildman–Crippen LogP) is 2.88. The Hall–Kier alpha value is -0.890. The van der Waals surface area contributed by atoms with Gasteiger partial charge in [-0.1, -0.05) is 6.08 Å². The van der Waals surface area contributed by atoms with Crippen LogP contribution in [0, 0.1) is 0 Å². The van der Waals surface area contributed by atoms with Crippen molar-refractivity contribution in [3.05, 3.63) is 28.5 Å². The third kappa shape index (κ3) is 1.34. The van der Waals surface area contributed by atoms with Crippen molar-refractivity contribution in [1.29, 1.82) is 0 Å². The lowest BCUT2D eigenvalue weighted by Gasteiger charge is -2.09. The first-order valence-corrected chi connectivity index (χ1v) is 5.08. The molecule has 0 spiro atoms. The molecule has 0 unspecified atom stereocenters. The fourth-order valence-corrected chi connectivity index (χ4v) is 2.11. The van der Waals surface area contributed by atoms with Crippen molar-refractivity contribution < 1.29 is 4.79 Å². The number of Topliss-reactive ketones (excluding diaryl/α,β-unsaturated/α-hetero) is 1. The minimum absolute atomic E-state index is 0.305. The summed E-state index contributed by atoms with van der Waals surface area (Å²) in [6.07, 6.45) is 4.86. The molecule has 0 bridgehead atoms. The van der Waals surface area contributed by atoms with Crippen molar-refractivity contribution in [2.45, 2.75) is 19.3 Å². The van der Waals surface area contributed by atoms with E-state index in [2.05, 4.69) is 6.08 Å². The number of hydrogen-bond acceptors (Lipinski definition) is 2. The van der Waals surface area contributed by atoms with E-state index in [1.807, 2.05) is 16.8 Å². The van der Waals surface area contributed by atoms with Crippen LogP contribution in [0.15, 0.2) is 22.9 Å². The van der Waals surface area contributed by atoms with Gasteiger partial charge in [-0.3, -0.25) is 4.79 Å². The van der Waals surface area contributed by atoms with Gasteiger partial charge < -0.3 is 0 Å². The monoisotopic (exact) mass is 178 g/mol. The molecule has 0 radical (unpaired) electrons. The highest BCUT2D eigenvalue weighted by Crippen LogP contribution is 2.25. The van der Waals surface area contributed by atoms with Crippen LogP contribution in [0.5, 0.6) is 0 Å². The zero-order chi connectivity index (χ0) is 8.39. The molecular formula is C10H10OS. The molecule has 0 saturated carbocycles. The highest BCUT2D eigenvalue weighted by atomic mass is 32.1. The minimum atomic E-state index is 0.305. The van der Waals surface area contributed by atoms with Gasteiger partial charge in [0.1, 0.15) is 0 Å². The van der Waals surface area contributed by atoms with Crippen LogP contribution in [-0.4, -0.2) is 5.78 Å². The molecule has 0 atom stereocenters. The summed E-state index contributed by atoms with van der Waals surface area (Å²) in [4.78, 5) is 11.4. The lowest BCUT2D eigenvalue weighted by Crippen LogP contribution is -2.04. The normalized spacial score (nSPS) is 17.7. The van der Waals surface area contributed by atoms with E-state index in [9.17, 15) is 4.79 Å². The number of rotatable bonds is 1. The van der Waals surface area contributed by atoms with E-state index in [-0.39, 0.29) is 0 Å². The first kappa shape index (κ1) is 7.74. The molecule has 0 aromatic carbocycles. The maximum atomic E-state index is 11.4. The molecule has 1 heterocycles. The zero-order valence-corrected chi connectivity index (χ0v) is 7.56. The molecule has 0 N–H and O–H groups in total. The quantitative estimate of drug-likeness (QED) is 0.646. The van der Waals surface area contributed by atoms with E-state index >= 15 is 0 Å². The van der Waals surface area contributed by atoms with E-state index in [1.54, 1.807) is 11.3 Å². The second-order valence-electron chi connectivity index (χ2n) is 2.95. The summed E-state index contributed by atoms with van der Waals surface area (Å²) in [7, 11) is 0. The molecule has 12 heavy (non-hydrogen) atoms. The third-order valence-electron chi connectivity index (χ3n) is 2.09. The van der Waals surface area contributed by atoms with Crippen LogP contribution in [-0.2, 0) is 4.79 Å². The SMILES string of the molecule is O=C1CCCC=C1c1ccsc1. The van der Waals surface area contributed by atoms with E-state index < -0.39 is 0 Å². The Balaban J connectivity index is 2.34. The lowest BCUT2D eigenvalue weighted by molar-refractivity contribution is -0.114. The smallest absolute Gasteiger partial charge is 0.163 e. The highest BCUT2D eigenvalue weighted by molar-refractivity contribution is 7.08. The summed E-state index contributed by atoms with van der Waals surface area (Å²) in [5, 5.41) is 4.05. The van der Waals surface area contributed by atoms with Crippen LogP contribution in [0.4, 0.5) is 0 Å². The van der Waals surface area contributed by atoms with Gasteiger partial charge >= 0.3 is 0 Å². The van der Waals surface area contributed by atoms with Crippen LogP contribution in [0.2, 0.25) is 0 Å². The number of carbonyl (C=O) groups is 1. The third-order valence-corrected chi connectivity index (χ3v) is 2.77. The van der Waals surface area contributed by atoms with Gasteiger partial charge in [0.15, 0.2) is 5.78 Å². The average Bonchev–Trinajstić information content (AvgIpc) is 2.57. The molecule has 2 heteroatoms. The summed E-state index contributed by atoms with van der Waals surface area (Å²) in [6.45, 7) is 0. The molecule has 62 valence electrons. The van der Waals surface area contributed by atoms with Crippen molar-refractivity contribution in [3.63, 3.8) is 0 Å². The second kappa shape index (κ2) is 3.23. The standard InChI is InChI=1S/C10H10OS/c11-10-4-2-1-3-9(10)8-5-6-12-7-8/h3,5-7H,1-2,4H2. The van der Waals surface area contributed by atoms with Gasteiger partial charge in [-0.25, -0.2) is 0 Å². The van der Waals surface area contributed by atoms with Gasteiger partial charge in [-0.05, 0) is 35.2 Å². The molecule has 2 rings (SSSR count). The van der Waals surface area contributed by atoms with Crippen molar-refractivity contribution in [1.82, 2.24) is 0 Å². The Kier molecular flexibility index (Phi) is 2.09. The zero-order valence-electron chi connectivity index (χ0n) is 6.75. The number of ketones is 1. The maximum Gasteiger partial charge on any atom is 0.163 e. The van der Waals surface area contributed by atoms with Crippen molar-refractivity contribution in [2.24, 2.45) is 0 Å². The lowest BCUT2D eigenvalue weighted by atomic mass is 9.94. The molecule has 1 aromatic heterocycles. The molecule has 0 aliphatic heterocycles. The van der Waals surface area contributed by atoms with Crippen LogP contribution in [0.25, 0.3) is 5.57 Å². The number of hydrogen-bond donors (Lipinski definition) is 0. The van der Waals surface area contributed by atoms with Crippen LogP contribution < -0.4 is 0 Å². The number of allylic oxidation sites excluding steroid dienone is 2. The Labute approximate surface area is 75.7 Å². The Morgan fingerprint density at radius 2 is 2.33 bits per heavy atom. The van der Waals surface area contributed by atoms with Crippen molar-refractivity contribution in [3.8, 4) is 0 Å². The fourth-order valence-electron chi connectivity index (χ4n) is 1.45. The van der Waals surface area contributed by atoms with Crippen LogP contribution >= 0.6 is 11.3 Å². The largest absolute Gasteiger partial charge is 0.294 e. The highest BCUT2D eigenvalue weighted by Gasteiger charge is 2.14. The van der Waals surface area contributed by atoms with Gasteiger partial charge in [0.2, 0.25) is 0 Å². The van der Waals surface area contributed by atoms with E-state index in [4.69, 9.17) is 0 Å². The molecule has 0 saturated heterocycles. The van der Waals surface area contributed by atoms with Gasteiger partial charge in [0.25, 0.3) is 0 Å². The fraction of sp³-hybridized carbons (Fsp3) is 0.300. The topological polar surface area (TPSA) is 17.1 Å². The minimum Gasteiger partial charge on any atom is -0.294 e. The van der Waals surface area contributed by atoms with Crippen LogP contribution in [0.3, 0.4) is 0 Å².